The number of carbonyl (C=O) groups excluding carboxylic acids is 1. The van der Waals surface area contributed by atoms with E-state index in [1.54, 1.807) is 44.5 Å². The summed E-state index contributed by atoms with van der Waals surface area (Å²) in [7, 11) is 3.24. The molecule has 3 aromatic rings. The van der Waals surface area contributed by atoms with Gasteiger partial charge in [-0.2, -0.15) is 0 Å². The van der Waals surface area contributed by atoms with E-state index >= 15 is 0 Å². The molecule has 0 aliphatic rings. The lowest BCUT2D eigenvalue weighted by Crippen LogP contribution is -2.34. The summed E-state index contributed by atoms with van der Waals surface area (Å²) in [6.07, 6.45) is 0. The fourth-order valence-corrected chi connectivity index (χ4v) is 2.95. The minimum Gasteiger partial charge on any atom is -0.497 e. The first-order valence-electron chi connectivity index (χ1n) is 8.67. The van der Waals surface area contributed by atoms with Crippen LogP contribution in [0.5, 0.6) is 5.75 Å². The van der Waals surface area contributed by atoms with Crippen LogP contribution in [0.1, 0.15) is 0 Å². The van der Waals surface area contributed by atoms with E-state index in [2.05, 4.69) is 15.7 Å². The Bertz CT molecular complexity index is 1080. The smallest absolute Gasteiger partial charge is 0.345 e. The summed E-state index contributed by atoms with van der Waals surface area (Å²) < 4.78 is 7.90. The number of methoxy groups -OCH3 is 1. The van der Waals surface area contributed by atoms with Crippen LogP contribution >= 0.6 is 23.2 Å². The van der Waals surface area contributed by atoms with Gasteiger partial charge in [0, 0.05) is 24.8 Å². The maximum atomic E-state index is 12.4. The second-order valence-corrected chi connectivity index (χ2v) is 6.94. The van der Waals surface area contributed by atoms with E-state index in [1.807, 2.05) is 12.1 Å². The molecule has 1 heterocycles. The van der Waals surface area contributed by atoms with E-state index in [-0.39, 0.29) is 18.8 Å². The number of ether oxygens (including phenoxy) is 1. The van der Waals surface area contributed by atoms with Crippen LogP contribution in [0.3, 0.4) is 0 Å². The zero-order chi connectivity index (χ0) is 21.0. The van der Waals surface area contributed by atoms with E-state index in [4.69, 9.17) is 27.9 Å². The summed E-state index contributed by atoms with van der Waals surface area (Å²) in [5, 5.41) is 10.4. The van der Waals surface area contributed by atoms with Gasteiger partial charge < -0.3 is 15.4 Å². The van der Waals surface area contributed by atoms with Crippen LogP contribution in [0, 0.1) is 0 Å². The second-order valence-electron chi connectivity index (χ2n) is 6.13. The first kappa shape index (κ1) is 20.8. The quantitative estimate of drug-likeness (QED) is 0.620. The van der Waals surface area contributed by atoms with Gasteiger partial charge in [0.05, 0.1) is 23.7 Å². The number of benzene rings is 2. The number of rotatable bonds is 6. The molecule has 2 N–H and O–H groups in total. The van der Waals surface area contributed by atoms with Crippen molar-refractivity contribution in [2.24, 2.45) is 7.05 Å². The van der Waals surface area contributed by atoms with Crippen molar-refractivity contribution in [1.29, 1.82) is 0 Å². The van der Waals surface area contributed by atoms with Crippen LogP contribution in [-0.4, -0.2) is 34.0 Å². The predicted molar refractivity (Wildman–Crippen MR) is 113 cm³/mol. The predicted octanol–water partition coefficient (Wildman–Crippen LogP) is 3.39. The summed E-state index contributed by atoms with van der Waals surface area (Å²) in [5.74, 6) is 1.24. The fraction of sp³-hybridized carbons (Fsp3) is 0.211. The first-order chi connectivity index (χ1) is 13.9. The number of aromatic nitrogens is 3. The van der Waals surface area contributed by atoms with Gasteiger partial charge in [-0.1, -0.05) is 23.2 Å². The number of hydrogen-bond donors (Lipinski definition) is 2. The average molecular weight is 436 g/mol. The van der Waals surface area contributed by atoms with Gasteiger partial charge >= 0.3 is 11.7 Å². The Hall–Kier alpha value is -2.97. The number of anilines is 1. The minimum atomic E-state index is -0.428. The lowest BCUT2D eigenvalue weighted by molar-refractivity contribution is 0.251. The van der Waals surface area contributed by atoms with E-state index in [9.17, 15) is 9.59 Å². The largest absolute Gasteiger partial charge is 0.497 e. The maximum absolute atomic E-state index is 12.4. The molecule has 10 heteroatoms. The van der Waals surface area contributed by atoms with Gasteiger partial charge in [-0.05, 0) is 42.5 Å². The van der Waals surface area contributed by atoms with Crippen molar-refractivity contribution in [3.05, 3.63) is 63.0 Å². The first-order valence-corrected chi connectivity index (χ1v) is 9.43. The Morgan fingerprint density at radius 3 is 2.52 bits per heavy atom. The van der Waals surface area contributed by atoms with Crippen LogP contribution in [0.15, 0.2) is 47.3 Å². The van der Waals surface area contributed by atoms with Crippen LogP contribution in [0.4, 0.5) is 10.5 Å². The van der Waals surface area contributed by atoms with Crippen LogP contribution < -0.4 is 21.1 Å². The number of amides is 2. The number of nitrogens with zero attached hydrogens (tertiary/aromatic N) is 3. The monoisotopic (exact) mass is 435 g/mol. The van der Waals surface area contributed by atoms with Crippen molar-refractivity contribution >= 4 is 34.9 Å². The lowest BCUT2D eigenvalue weighted by atomic mass is 10.2. The third kappa shape index (κ3) is 4.90. The number of hydrogen-bond acceptors (Lipinski definition) is 4. The molecular weight excluding hydrogens is 417 g/mol. The molecule has 0 saturated heterocycles. The molecular formula is C19H19Cl2N5O3. The Morgan fingerprint density at radius 2 is 1.86 bits per heavy atom. The van der Waals surface area contributed by atoms with Gasteiger partial charge in [-0.15, -0.1) is 5.10 Å². The van der Waals surface area contributed by atoms with Gasteiger partial charge in [-0.25, -0.2) is 14.3 Å². The number of urea groups is 1. The topological polar surface area (TPSA) is 90.2 Å². The minimum absolute atomic E-state index is 0.214. The van der Waals surface area contributed by atoms with Crippen LogP contribution in [-0.2, 0) is 13.6 Å². The normalized spacial score (nSPS) is 10.6. The van der Waals surface area contributed by atoms with Gasteiger partial charge in [-0.3, -0.25) is 4.57 Å². The molecule has 0 aliphatic carbocycles. The molecule has 3 rings (SSSR count). The molecule has 0 radical (unpaired) electrons. The highest BCUT2D eigenvalue weighted by Gasteiger charge is 2.12. The molecule has 2 aromatic carbocycles. The summed E-state index contributed by atoms with van der Waals surface area (Å²) in [6.45, 7) is 0.434. The lowest BCUT2D eigenvalue weighted by Gasteiger charge is -2.08. The number of carbonyl (C=O) groups is 1. The Kier molecular flexibility index (Phi) is 6.46. The Morgan fingerprint density at radius 1 is 1.14 bits per heavy atom. The molecule has 0 atom stereocenters. The van der Waals surface area contributed by atoms with Gasteiger partial charge in [0.2, 0.25) is 0 Å². The summed E-state index contributed by atoms with van der Waals surface area (Å²) in [5.41, 5.74) is 1.02. The summed E-state index contributed by atoms with van der Waals surface area (Å²) in [4.78, 5) is 24.4. The number of nitrogens with one attached hydrogen (secondary N) is 2. The highest BCUT2D eigenvalue weighted by Crippen LogP contribution is 2.24. The zero-order valence-corrected chi connectivity index (χ0v) is 17.3. The van der Waals surface area contributed by atoms with E-state index in [1.165, 1.54) is 9.25 Å². The number of halogens is 2. The molecule has 8 nitrogen and oxygen atoms in total. The molecule has 0 fully saturated rings. The molecule has 0 spiro atoms. The van der Waals surface area contributed by atoms with Gasteiger partial charge in [0.1, 0.15) is 5.75 Å². The third-order valence-corrected chi connectivity index (χ3v) is 4.91. The molecule has 152 valence electrons. The Balaban J connectivity index is 1.61. The standard InChI is InChI=1S/C19H19Cl2N5O3/c1-25-17(12-3-6-14(29-2)7-4-12)24-26(19(25)28)10-9-22-18(27)23-13-5-8-15(20)16(21)11-13/h3-8,11H,9-10H2,1-2H3,(H2,22,23,27). The van der Waals surface area contributed by atoms with E-state index < -0.39 is 6.03 Å². The fourth-order valence-electron chi connectivity index (χ4n) is 2.65. The molecule has 29 heavy (non-hydrogen) atoms. The van der Waals surface area contributed by atoms with Crippen molar-refractivity contribution in [3.63, 3.8) is 0 Å². The van der Waals surface area contributed by atoms with Crippen molar-refractivity contribution in [1.82, 2.24) is 19.7 Å². The van der Waals surface area contributed by atoms with Crippen molar-refractivity contribution in [2.75, 3.05) is 19.0 Å². The average Bonchev–Trinajstić information content (AvgIpc) is 2.99. The van der Waals surface area contributed by atoms with Gasteiger partial charge in [0.15, 0.2) is 5.82 Å². The maximum Gasteiger partial charge on any atom is 0.345 e. The molecule has 0 unspecified atom stereocenters. The van der Waals surface area contributed by atoms with Crippen LogP contribution in [0.25, 0.3) is 11.4 Å². The molecule has 0 bridgehead atoms. The van der Waals surface area contributed by atoms with Gasteiger partial charge in [0.25, 0.3) is 0 Å². The SMILES string of the molecule is COc1ccc(-c2nn(CCNC(=O)Nc3ccc(Cl)c(Cl)c3)c(=O)n2C)cc1. The highest BCUT2D eigenvalue weighted by molar-refractivity contribution is 6.42. The van der Waals surface area contributed by atoms with E-state index in [0.717, 1.165) is 11.3 Å². The molecule has 2 amide bonds. The highest BCUT2D eigenvalue weighted by atomic mass is 35.5. The third-order valence-electron chi connectivity index (χ3n) is 4.18. The second kappa shape index (κ2) is 9.02. The molecule has 1 aromatic heterocycles. The summed E-state index contributed by atoms with van der Waals surface area (Å²) >= 11 is 11.8. The molecule has 0 aliphatic heterocycles. The van der Waals surface area contributed by atoms with Crippen molar-refractivity contribution in [2.45, 2.75) is 6.54 Å². The zero-order valence-electron chi connectivity index (χ0n) is 15.8. The van der Waals surface area contributed by atoms with Crippen molar-refractivity contribution in [3.8, 4) is 17.1 Å². The molecule has 0 saturated carbocycles. The Labute approximate surface area is 177 Å². The van der Waals surface area contributed by atoms with E-state index in [0.29, 0.717) is 21.6 Å². The van der Waals surface area contributed by atoms with Crippen LogP contribution in [0.2, 0.25) is 10.0 Å². The summed E-state index contributed by atoms with van der Waals surface area (Å²) in [6, 6.07) is 11.6. The van der Waals surface area contributed by atoms with Crippen molar-refractivity contribution < 1.29 is 9.53 Å².